The van der Waals surface area contributed by atoms with Crippen molar-refractivity contribution >= 4 is 29.1 Å². The van der Waals surface area contributed by atoms with Crippen LogP contribution in [0.3, 0.4) is 0 Å². The van der Waals surface area contributed by atoms with Gasteiger partial charge >= 0.3 is 0 Å². The first-order valence-corrected chi connectivity index (χ1v) is 6.47. The maximum Gasteiger partial charge on any atom is 0.257 e. The van der Waals surface area contributed by atoms with Gasteiger partial charge in [0.2, 0.25) is 0 Å². The molecule has 0 N–H and O–H groups in total. The molecule has 3 rings (SSSR count). The third kappa shape index (κ3) is 1.45. The van der Waals surface area contributed by atoms with Gasteiger partial charge in [-0.2, -0.15) is 16.9 Å². The molecule has 0 bridgehead atoms. The Balaban J connectivity index is 1.97. The van der Waals surface area contributed by atoms with E-state index in [0.29, 0.717) is 0 Å². The minimum absolute atomic E-state index is 0.0329. The van der Waals surface area contributed by atoms with Gasteiger partial charge in [-0.1, -0.05) is 12.1 Å². The van der Waals surface area contributed by atoms with E-state index in [9.17, 15) is 4.79 Å². The first kappa shape index (κ1) is 9.90. The van der Waals surface area contributed by atoms with E-state index in [1.54, 1.807) is 16.8 Å². The second-order valence-corrected chi connectivity index (χ2v) is 5.18. The smallest absolute Gasteiger partial charge is 0.257 e. The number of amides is 1. The number of rotatable bonds is 1. The SMILES string of the molecule is Cc1cccc(N2N=C3CSCC3C2=O)c1. The molecule has 2 heterocycles. The number of carbonyl (C=O) groups is 1. The second-order valence-electron chi connectivity index (χ2n) is 4.15. The molecule has 2 aliphatic heterocycles. The molecule has 1 atom stereocenters. The van der Waals surface area contributed by atoms with Gasteiger partial charge in [-0.25, -0.2) is 5.01 Å². The van der Waals surface area contributed by atoms with Crippen molar-refractivity contribution in [1.82, 2.24) is 0 Å². The third-order valence-corrected chi connectivity index (χ3v) is 3.99. The summed E-state index contributed by atoms with van der Waals surface area (Å²) >= 11 is 1.79. The molecule has 4 heteroatoms. The standard InChI is InChI=1S/C12H12N2OS/c1-8-3-2-4-9(5-8)14-12(15)10-6-16-7-11(10)13-14/h2-5,10H,6-7H2,1H3. The number of aryl methyl sites for hydroxylation is 1. The molecule has 1 unspecified atom stereocenters. The predicted molar refractivity (Wildman–Crippen MR) is 66.9 cm³/mol. The summed E-state index contributed by atoms with van der Waals surface area (Å²) in [4.78, 5) is 12.1. The van der Waals surface area contributed by atoms with Gasteiger partial charge in [-0.15, -0.1) is 0 Å². The Morgan fingerprint density at radius 3 is 3.12 bits per heavy atom. The van der Waals surface area contributed by atoms with E-state index in [-0.39, 0.29) is 11.8 Å². The van der Waals surface area contributed by atoms with Crippen molar-refractivity contribution in [3.63, 3.8) is 0 Å². The van der Waals surface area contributed by atoms with E-state index in [2.05, 4.69) is 5.10 Å². The molecule has 1 aromatic carbocycles. The summed E-state index contributed by atoms with van der Waals surface area (Å²) in [6.45, 7) is 2.02. The van der Waals surface area contributed by atoms with Crippen LogP contribution in [0.1, 0.15) is 5.56 Å². The summed E-state index contributed by atoms with van der Waals surface area (Å²) in [5.41, 5.74) is 3.07. The van der Waals surface area contributed by atoms with Gasteiger partial charge in [0.1, 0.15) is 0 Å². The topological polar surface area (TPSA) is 32.7 Å². The molecule has 0 aliphatic carbocycles. The van der Waals surface area contributed by atoms with E-state index in [1.165, 1.54) is 0 Å². The average molecular weight is 232 g/mol. The van der Waals surface area contributed by atoms with Gasteiger partial charge < -0.3 is 0 Å². The highest BCUT2D eigenvalue weighted by Crippen LogP contribution is 2.31. The highest BCUT2D eigenvalue weighted by atomic mass is 32.2. The molecule has 0 aromatic heterocycles. The van der Waals surface area contributed by atoms with Gasteiger partial charge in [0, 0.05) is 11.5 Å². The number of hydrogen-bond donors (Lipinski definition) is 0. The summed E-state index contributed by atoms with van der Waals surface area (Å²) in [7, 11) is 0. The van der Waals surface area contributed by atoms with Crippen LogP contribution >= 0.6 is 11.8 Å². The van der Waals surface area contributed by atoms with E-state index in [4.69, 9.17) is 0 Å². The van der Waals surface area contributed by atoms with Crippen molar-refractivity contribution in [3.05, 3.63) is 29.8 Å². The van der Waals surface area contributed by atoms with Crippen LogP contribution in [0.5, 0.6) is 0 Å². The zero-order valence-corrected chi connectivity index (χ0v) is 9.83. The summed E-state index contributed by atoms with van der Waals surface area (Å²) in [5, 5.41) is 5.98. The Kier molecular flexibility index (Phi) is 2.24. The number of hydrazone groups is 1. The van der Waals surface area contributed by atoms with Crippen LogP contribution in [0.4, 0.5) is 5.69 Å². The molecule has 16 heavy (non-hydrogen) atoms. The van der Waals surface area contributed by atoms with Gasteiger partial charge in [0.15, 0.2) is 0 Å². The maximum atomic E-state index is 12.1. The highest BCUT2D eigenvalue weighted by Gasteiger charge is 2.39. The normalized spacial score (nSPS) is 23.6. The minimum Gasteiger partial charge on any atom is -0.272 e. The lowest BCUT2D eigenvalue weighted by Crippen LogP contribution is -2.27. The molecule has 82 valence electrons. The molecule has 1 fully saturated rings. The first-order chi connectivity index (χ1) is 7.75. The molecule has 0 saturated carbocycles. The van der Waals surface area contributed by atoms with Crippen LogP contribution in [0.2, 0.25) is 0 Å². The monoisotopic (exact) mass is 232 g/mol. The van der Waals surface area contributed by atoms with Crippen LogP contribution in [-0.2, 0) is 4.79 Å². The minimum atomic E-state index is 0.0329. The van der Waals surface area contributed by atoms with Crippen LogP contribution in [0.25, 0.3) is 0 Å². The lowest BCUT2D eigenvalue weighted by Gasteiger charge is -2.13. The van der Waals surface area contributed by atoms with Crippen molar-refractivity contribution < 1.29 is 4.79 Å². The van der Waals surface area contributed by atoms with Crippen LogP contribution in [0.15, 0.2) is 29.4 Å². The zero-order chi connectivity index (χ0) is 11.1. The highest BCUT2D eigenvalue weighted by molar-refractivity contribution is 8.00. The Morgan fingerprint density at radius 1 is 1.50 bits per heavy atom. The quantitative estimate of drug-likeness (QED) is 0.742. The predicted octanol–water partition coefficient (Wildman–Crippen LogP) is 2.06. The number of nitrogens with zero attached hydrogens (tertiary/aromatic N) is 2. The average Bonchev–Trinajstić information content (AvgIpc) is 2.82. The molecule has 0 radical (unpaired) electrons. The maximum absolute atomic E-state index is 12.1. The van der Waals surface area contributed by atoms with Crippen molar-refractivity contribution in [2.24, 2.45) is 11.0 Å². The molecule has 0 spiro atoms. The van der Waals surface area contributed by atoms with Crippen LogP contribution in [-0.4, -0.2) is 23.1 Å². The molecule has 3 nitrogen and oxygen atoms in total. The second kappa shape index (κ2) is 3.63. The number of fused-ring (bicyclic) bond motifs is 1. The molecule has 1 aromatic rings. The summed E-state index contributed by atoms with van der Waals surface area (Å²) in [6, 6.07) is 7.91. The van der Waals surface area contributed by atoms with E-state index >= 15 is 0 Å². The first-order valence-electron chi connectivity index (χ1n) is 5.31. The summed E-state index contributed by atoms with van der Waals surface area (Å²) in [5.74, 6) is 1.95. The number of benzene rings is 1. The summed E-state index contributed by atoms with van der Waals surface area (Å²) in [6.07, 6.45) is 0. The lowest BCUT2D eigenvalue weighted by atomic mass is 10.1. The van der Waals surface area contributed by atoms with Gasteiger partial charge in [0.25, 0.3) is 5.91 Å². The van der Waals surface area contributed by atoms with E-state index in [0.717, 1.165) is 28.5 Å². The van der Waals surface area contributed by atoms with Gasteiger partial charge in [-0.05, 0) is 24.6 Å². The fourth-order valence-electron chi connectivity index (χ4n) is 2.06. The van der Waals surface area contributed by atoms with Gasteiger partial charge in [-0.3, -0.25) is 4.79 Å². The largest absolute Gasteiger partial charge is 0.272 e. The Hall–Kier alpha value is -1.29. The van der Waals surface area contributed by atoms with E-state index in [1.807, 2.05) is 31.2 Å². The van der Waals surface area contributed by atoms with Gasteiger partial charge in [0.05, 0.1) is 17.3 Å². The number of thioether (sulfide) groups is 1. The van der Waals surface area contributed by atoms with Crippen molar-refractivity contribution in [2.75, 3.05) is 16.5 Å². The number of carbonyl (C=O) groups excluding carboxylic acids is 1. The Morgan fingerprint density at radius 2 is 2.38 bits per heavy atom. The fourth-order valence-corrected chi connectivity index (χ4v) is 3.22. The van der Waals surface area contributed by atoms with Crippen molar-refractivity contribution in [1.29, 1.82) is 0 Å². The third-order valence-electron chi connectivity index (χ3n) is 2.92. The van der Waals surface area contributed by atoms with Crippen molar-refractivity contribution in [3.8, 4) is 0 Å². The number of anilines is 1. The Bertz CT molecular complexity index is 484. The number of hydrogen-bond acceptors (Lipinski definition) is 3. The lowest BCUT2D eigenvalue weighted by molar-refractivity contribution is -0.119. The molecular formula is C12H12N2OS. The molecule has 1 amide bonds. The van der Waals surface area contributed by atoms with Crippen LogP contribution in [0, 0.1) is 12.8 Å². The molecule has 1 saturated heterocycles. The molecular weight excluding hydrogens is 220 g/mol. The fraction of sp³-hybridized carbons (Fsp3) is 0.333. The van der Waals surface area contributed by atoms with Crippen molar-refractivity contribution in [2.45, 2.75) is 6.92 Å². The molecule has 2 aliphatic rings. The Labute approximate surface area is 98.5 Å². The van der Waals surface area contributed by atoms with E-state index < -0.39 is 0 Å². The summed E-state index contributed by atoms with van der Waals surface area (Å²) < 4.78 is 0. The van der Waals surface area contributed by atoms with Crippen LogP contribution < -0.4 is 5.01 Å². The zero-order valence-electron chi connectivity index (χ0n) is 9.01.